The van der Waals surface area contributed by atoms with Crippen LogP contribution in [-0.4, -0.2) is 83.5 Å². The lowest BCUT2D eigenvalue weighted by molar-refractivity contribution is -0.146. The van der Waals surface area contributed by atoms with Gasteiger partial charge in [-0.15, -0.1) is 0 Å². The van der Waals surface area contributed by atoms with Crippen LogP contribution in [0.3, 0.4) is 0 Å². The van der Waals surface area contributed by atoms with Crippen LogP contribution in [0, 0.1) is 37.5 Å². The largest absolute Gasteiger partial charge is 0.493 e. The Kier molecular flexibility index (Phi) is 17.2. The number of methoxy groups -OCH3 is 1. The molecule has 382 valence electrons. The number of esters is 1. The van der Waals surface area contributed by atoms with Crippen molar-refractivity contribution in [3.05, 3.63) is 161 Å². The lowest BCUT2D eigenvalue weighted by Crippen LogP contribution is -2.25. The molecular weight excluding hydrogens is 942 g/mol. The summed E-state index contributed by atoms with van der Waals surface area (Å²) in [6, 6.07) is 36.2. The highest BCUT2D eigenvalue weighted by Crippen LogP contribution is 2.34. The Labute approximate surface area is 422 Å². The van der Waals surface area contributed by atoms with Crippen LogP contribution < -0.4 is 19.7 Å². The van der Waals surface area contributed by atoms with E-state index in [1.807, 2.05) is 111 Å². The summed E-state index contributed by atoms with van der Waals surface area (Å²) < 4.78 is 67.9. The molecule has 0 radical (unpaired) electrons. The maximum absolute atomic E-state index is 13.1. The van der Waals surface area contributed by atoms with Crippen molar-refractivity contribution in [1.29, 1.82) is 0 Å². The number of aromatic nitrogens is 4. The molecule has 0 spiro atoms. The molecule has 2 saturated heterocycles. The minimum atomic E-state index is -4.60. The molecule has 0 bridgehead atoms. The summed E-state index contributed by atoms with van der Waals surface area (Å²) in [6.07, 6.45) is 0.669. The van der Waals surface area contributed by atoms with Crippen molar-refractivity contribution in [3.8, 4) is 34.4 Å². The average Bonchev–Trinajstić information content (AvgIpc) is 4.22. The Morgan fingerprint density at radius 3 is 1.75 bits per heavy atom. The van der Waals surface area contributed by atoms with Gasteiger partial charge in [0, 0.05) is 49.8 Å². The van der Waals surface area contributed by atoms with Gasteiger partial charge in [0.2, 0.25) is 17.7 Å². The number of carboxylic acid groups (broad SMARTS) is 1. The van der Waals surface area contributed by atoms with Crippen LogP contribution in [-0.2, 0) is 46.2 Å². The van der Waals surface area contributed by atoms with E-state index in [0.717, 1.165) is 77.0 Å². The number of nitrogens with zero attached hydrogens (tertiary/aromatic N) is 5. The van der Waals surface area contributed by atoms with Crippen LogP contribution in [0.2, 0.25) is 0 Å². The number of aryl methyl sites for hydroxylation is 4. The molecule has 3 aromatic heterocycles. The van der Waals surface area contributed by atoms with E-state index in [2.05, 4.69) is 37.4 Å². The molecule has 0 saturated carbocycles. The molecule has 2 N–H and O–H groups in total. The van der Waals surface area contributed by atoms with Crippen LogP contribution in [0.15, 0.2) is 130 Å². The fourth-order valence-electron chi connectivity index (χ4n) is 9.27. The molecule has 5 heterocycles. The van der Waals surface area contributed by atoms with Crippen LogP contribution in [0.1, 0.15) is 52.6 Å². The third-order valence-corrected chi connectivity index (χ3v) is 13.3. The molecule has 4 aromatic carbocycles. The number of rotatable bonds is 19. The fourth-order valence-corrected chi connectivity index (χ4v) is 9.27. The van der Waals surface area contributed by atoms with E-state index in [-0.39, 0.29) is 36.8 Å². The van der Waals surface area contributed by atoms with E-state index in [4.69, 9.17) is 23.0 Å². The normalized spacial score (nSPS) is 17.5. The number of carbonyl (C=O) groups is 2. The molecular formula is C56H59F3N6O8. The van der Waals surface area contributed by atoms with Gasteiger partial charge in [0.05, 0.1) is 43.5 Å². The third-order valence-electron chi connectivity index (χ3n) is 13.3. The SMILES string of the molecule is COC(=O)[C@H]1CNC[C@H]1CCc1cccc(OCCc2nc(-c3ccccc3)oc2C)c1.Cc1oc(-c2ccccc2)nc1CCOc1cccc(CC[C@@H]2CN(c3nccc(C(F)(F)F)n3)C[C@@H]2C(=O)O)c1. The number of anilines is 1. The molecule has 9 rings (SSSR count). The Bertz CT molecular complexity index is 2910. The number of carbonyl (C=O) groups excluding carboxylic acids is 1. The van der Waals surface area contributed by atoms with Gasteiger partial charge >= 0.3 is 18.1 Å². The number of hydrogen-bond acceptors (Lipinski definition) is 13. The van der Waals surface area contributed by atoms with Crippen LogP contribution >= 0.6 is 0 Å². The predicted octanol–water partition coefficient (Wildman–Crippen LogP) is 10.1. The minimum Gasteiger partial charge on any atom is -0.493 e. The molecule has 0 unspecified atom stereocenters. The number of hydrogen-bond donors (Lipinski definition) is 2. The molecule has 0 aliphatic carbocycles. The van der Waals surface area contributed by atoms with Crippen molar-refractivity contribution >= 4 is 17.9 Å². The zero-order valence-corrected chi connectivity index (χ0v) is 41.0. The zero-order valence-electron chi connectivity index (χ0n) is 41.0. The smallest absolute Gasteiger partial charge is 0.433 e. The summed E-state index contributed by atoms with van der Waals surface area (Å²) in [5.41, 5.74) is 4.77. The third kappa shape index (κ3) is 13.9. The quantitative estimate of drug-likeness (QED) is 0.0732. The molecule has 2 aliphatic rings. The van der Waals surface area contributed by atoms with Gasteiger partial charge in [-0.05, 0) is 124 Å². The monoisotopic (exact) mass is 1000 g/mol. The Morgan fingerprint density at radius 2 is 1.23 bits per heavy atom. The van der Waals surface area contributed by atoms with Crippen LogP contribution in [0.25, 0.3) is 22.9 Å². The molecule has 0 amide bonds. The number of carboxylic acids is 1. The number of benzene rings is 4. The number of halogens is 3. The second-order valence-electron chi connectivity index (χ2n) is 18.2. The molecule has 17 heteroatoms. The molecule has 7 aromatic rings. The highest BCUT2D eigenvalue weighted by atomic mass is 19.4. The maximum Gasteiger partial charge on any atom is 0.433 e. The first kappa shape index (κ1) is 51.8. The fraction of sp³-hybridized carbons (Fsp3) is 0.357. The van der Waals surface area contributed by atoms with Crippen molar-refractivity contribution in [1.82, 2.24) is 25.3 Å². The lowest BCUT2D eigenvalue weighted by Gasteiger charge is -2.17. The van der Waals surface area contributed by atoms with Gasteiger partial charge < -0.3 is 38.4 Å². The average molecular weight is 1000 g/mol. The van der Waals surface area contributed by atoms with E-state index >= 15 is 0 Å². The van der Waals surface area contributed by atoms with Crippen molar-refractivity contribution < 1.29 is 50.9 Å². The van der Waals surface area contributed by atoms with E-state index in [9.17, 15) is 27.9 Å². The number of alkyl halides is 3. The van der Waals surface area contributed by atoms with Gasteiger partial charge in [-0.2, -0.15) is 13.2 Å². The van der Waals surface area contributed by atoms with Crippen LogP contribution in [0.5, 0.6) is 11.5 Å². The molecule has 14 nitrogen and oxygen atoms in total. The van der Waals surface area contributed by atoms with E-state index < -0.39 is 23.8 Å². The van der Waals surface area contributed by atoms with Crippen molar-refractivity contribution in [2.45, 2.75) is 58.5 Å². The Balaban J connectivity index is 0.000000201. The second kappa shape index (κ2) is 24.3. The van der Waals surface area contributed by atoms with E-state index in [1.165, 1.54) is 17.6 Å². The summed E-state index contributed by atoms with van der Waals surface area (Å²) in [5, 5.41) is 13.1. The van der Waals surface area contributed by atoms with E-state index in [1.54, 1.807) is 0 Å². The minimum absolute atomic E-state index is 0.0501. The van der Waals surface area contributed by atoms with Crippen LogP contribution in [0.4, 0.5) is 19.1 Å². The molecule has 2 aliphatic heterocycles. The van der Waals surface area contributed by atoms with Crippen molar-refractivity contribution in [2.75, 3.05) is 51.4 Å². The number of ether oxygens (including phenoxy) is 3. The highest BCUT2D eigenvalue weighted by Gasteiger charge is 2.40. The lowest BCUT2D eigenvalue weighted by atomic mass is 9.90. The van der Waals surface area contributed by atoms with Gasteiger partial charge in [-0.25, -0.2) is 19.9 Å². The predicted molar refractivity (Wildman–Crippen MR) is 267 cm³/mol. The summed E-state index contributed by atoms with van der Waals surface area (Å²) in [6.45, 7) is 6.63. The molecule has 2 fully saturated rings. The first-order valence-electron chi connectivity index (χ1n) is 24.4. The van der Waals surface area contributed by atoms with Crippen molar-refractivity contribution in [3.63, 3.8) is 0 Å². The number of oxazole rings is 2. The van der Waals surface area contributed by atoms with Gasteiger partial charge in [0.1, 0.15) is 28.7 Å². The van der Waals surface area contributed by atoms with Gasteiger partial charge in [0.15, 0.2) is 0 Å². The molecule has 4 atom stereocenters. The standard InChI is InChI=1S/C30H29F3N4O4.C26H30N2O4/c1-19-25(35-27(41-19)21-7-3-2-4-8-21)13-15-40-23-9-5-6-20(16-23)10-11-22-17-37(18-24(22)28(38)39)29-34-14-12-26(36-29)30(31,32)33;1-18-24(28-25(32-18)20-8-4-3-5-9-20)13-14-31-22-10-6-7-19(15-22)11-12-21-16-27-17-23(21)26(29)30-2/h2-9,12,14,16,22,24H,10-11,13,15,17-18H2,1H3,(H,38,39);3-10,15,21,23,27H,11-14,16-17H2,1-2H3/t22-,24+;21-,23+/m11/s1. The van der Waals surface area contributed by atoms with Crippen molar-refractivity contribution in [2.24, 2.45) is 23.7 Å². The summed E-state index contributed by atoms with van der Waals surface area (Å²) >= 11 is 0. The number of aliphatic carboxylic acids is 1. The zero-order chi connectivity index (χ0) is 51.3. The van der Waals surface area contributed by atoms with Gasteiger partial charge in [0.25, 0.3) is 0 Å². The number of nitrogens with one attached hydrogen (secondary N) is 1. The summed E-state index contributed by atoms with van der Waals surface area (Å²) in [4.78, 5) is 42.2. The Morgan fingerprint density at radius 1 is 0.685 bits per heavy atom. The topological polar surface area (TPSA) is 175 Å². The summed E-state index contributed by atoms with van der Waals surface area (Å²) in [7, 11) is 1.46. The van der Waals surface area contributed by atoms with Gasteiger partial charge in [-0.3, -0.25) is 9.59 Å². The van der Waals surface area contributed by atoms with E-state index in [0.29, 0.717) is 68.9 Å². The Hall–Kier alpha value is -7.53. The first-order chi connectivity index (χ1) is 35.3. The molecule has 73 heavy (non-hydrogen) atoms. The first-order valence-corrected chi connectivity index (χ1v) is 24.4. The maximum atomic E-state index is 13.1. The second-order valence-corrected chi connectivity index (χ2v) is 18.2. The summed E-state index contributed by atoms with van der Waals surface area (Å²) in [5.74, 6) is 2.36. The highest BCUT2D eigenvalue weighted by molar-refractivity contribution is 5.73. The van der Waals surface area contributed by atoms with Gasteiger partial charge in [-0.1, -0.05) is 60.7 Å².